The molecule has 53 heavy (non-hydrogen) atoms. The Balaban J connectivity index is 1.13. The van der Waals surface area contributed by atoms with Gasteiger partial charge in [0.25, 0.3) is 0 Å². The van der Waals surface area contributed by atoms with Crippen molar-refractivity contribution in [2.75, 3.05) is 0 Å². The van der Waals surface area contributed by atoms with Gasteiger partial charge in [-0.3, -0.25) is 0 Å². The van der Waals surface area contributed by atoms with Crippen molar-refractivity contribution in [1.82, 2.24) is 19.9 Å². The molecule has 11 rings (SSSR count). The van der Waals surface area contributed by atoms with Crippen LogP contribution in [0.4, 0.5) is 0 Å². The van der Waals surface area contributed by atoms with Crippen LogP contribution in [0.3, 0.4) is 0 Å². The molecule has 0 aliphatic rings. The van der Waals surface area contributed by atoms with E-state index in [9.17, 15) is 0 Å². The largest absolute Gasteiger partial charge is 0.247 e. The quantitative estimate of drug-likeness (QED) is 0.172. The van der Waals surface area contributed by atoms with Gasteiger partial charge in [0, 0.05) is 53.2 Å². The lowest BCUT2D eigenvalue weighted by Crippen LogP contribution is -2.01. The second-order valence-corrected chi connectivity index (χ2v) is 14.5. The molecule has 0 atom stereocenters. The first kappa shape index (κ1) is 29.9. The molecule has 0 N–H and O–H groups in total. The van der Waals surface area contributed by atoms with E-state index < -0.39 is 0 Å². The highest BCUT2D eigenvalue weighted by Gasteiger charge is 2.19. The van der Waals surface area contributed by atoms with Gasteiger partial charge >= 0.3 is 0 Å². The molecule has 11 aromatic rings. The number of rotatable bonds is 4. The lowest BCUT2D eigenvalue weighted by atomic mass is 9.95. The Labute approximate surface area is 308 Å². The van der Waals surface area contributed by atoms with Crippen LogP contribution in [0.15, 0.2) is 170 Å². The van der Waals surface area contributed by atoms with E-state index in [0.29, 0.717) is 17.5 Å². The van der Waals surface area contributed by atoms with Gasteiger partial charge in [0.1, 0.15) is 0 Å². The number of hydrogen-bond acceptors (Lipinski definition) is 5. The van der Waals surface area contributed by atoms with Crippen molar-refractivity contribution in [3.8, 4) is 45.4 Å². The van der Waals surface area contributed by atoms with Gasteiger partial charge in [-0.25, -0.2) is 19.9 Å². The average molecular weight is 693 g/mol. The Morgan fingerprint density at radius 1 is 0.321 bits per heavy atom. The molecular weight excluding hydrogens is 665 g/mol. The maximum atomic E-state index is 5.34. The van der Waals surface area contributed by atoms with Crippen LogP contribution in [-0.4, -0.2) is 19.9 Å². The summed E-state index contributed by atoms with van der Waals surface area (Å²) in [6, 6.07) is 59.6. The maximum Gasteiger partial charge on any atom is 0.164 e. The van der Waals surface area contributed by atoms with Gasteiger partial charge in [-0.1, -0.05) is 152 Å². The third-order valence-electron chi connectivity index (χ3n) is 10.3. The van der Waals surface area contributed by atoms with Crippen LogP contribution in [0.1, 0.15) is 0 Å². The van der Waals surface area contributed by atoms with E-state index in [-0.39, 0.29) is 0 Å². The fourth-order valence-corrected chi connectivity index (χ4v) is 8.95. The van der Waals surface area contributed by atoms with Crippen LogP contribution in [0.2, 0.25) is 0 Å². The van der Waals surface area contributed by atoms with Gasteiger partial charge in [0.15, 0.2) is 17.5 Å². The van der Waals surface area contributed by atoms with E-state index in [0.717, 1.165) is 60.4 Å². The van der Waals surface area contributed by atoms with Crippen molar-refractivity contribution in [1.29, 1.82) is 0 Å². The highest BCUT2D eigenvalue weighted by atomic mass is 32.1. The van der Waals surface area contributed by atoms with Crippen LogP contribution < -0.4 is 0 Å². The van der Waals surface area contributed by atoms with Gasteiger partial charge in [0.05, 0.1) is 11.2 Å². The standard InChI is InChI=1S/C48H28N4S/c1-3-15-33-29(11-1)13-9-19-37(33)47-50-46(51-48(52-47)38-20-10-14-30-12-2-4-16-34(30)38)32-25-23-31(24-26-32)45-44-36(35-17-5-7-21-40(35)49-45)27-28-42-43(44)39-18-6-8-22-41(39)53-42/h1-28H. The molecule has 0 bridgehead atoms. The highest BCUT2D eigenvalue weighted by molar-refractivity contribution is 7.26. The molecule has 0 fully saturated rings. The summed E-state index contributed by atoms with van der Waals surface area (Å²) in [6.45, 7) is 0. The Morgan fingerprint density at radius 3 is 1.57 bits per heavy atom. The smallest absolute Gasteiger partial charge is 0.164 e. The minimum atomic E-state index is 0.625. The maximum absolute atomic E-state index is 5.34. The molecular formula is C48H28N4S. The van der Waals surface area contributed by atoms with Crippen molar-refractivity contribution in [3.63, 3.8) is 0 Å². The van der Waals surface area contributed by atoms with Gasteiger partial charge in [0.2, 0.25) is 0 Å². The van der Waals surface area contributed by atoms with Gasteiger partial charge < -0.3 is 0 Å². The summed E-state index contributed by atoms with van der Waals surface area (Å²) < 4.78 is 2.55. The number of hydrogen-bond donors (Lipinski definition) is 0. The summed E-state index contributed by atoms with van der Waals surface area (Å²) in [7, 11) is 0. The van der Waals surface area contributed by atoms with Gasteiger partial charge in [-0.15, -0.1) is 11.3 Å². The third-order valence-corrected chi connectivity index (χ3v) is 11.5. The molecule has 5 heteroatoms. The predicted molar refractivity (Wildman–Crippen MR) is 222 cm³/mol. The zero-order valence-corrected chi connectivity index (χ0v) is 29.2. The van der Waals surface area contributed by atoms with Gasteiger partial charge in [-0.2, -0.15) is 0 Å². The summed E-state index contributed by atoms with van der Waals surface area (Å²) in [5.74, 6) is 1.92. The predicted octanol–water partition coefficient (Wildman–Crippen LogP) is 12.9. The first-order valence-corrected chi connectivity index (χ1v) is 18.5. The van der Waals surface area contributed by atoms with Crippen LogP contribution in [0.25, 0.3) is 109 Å². The molecule has 8 aromatic carbocycles. The van der Waals surface area contributed by atoms with Crippen LogP contribution in [-0.2, 0) is 0 Å². The molecule has 3 heterocycles. The second-order valence-electron chi connectivity index (χ2n) is 13.4. The van der Waals surface area contributed by atoms with E-state index in [1.54, 1.807) is 0 Å². The molecule has 0 unspecified atom stereocenters. The Morgan fingerprint density at radius 2 is 0.868 bits per heavy atom. The fourth-order valence-electron chi connectivity index (χ4n) is 7.84. The van der Waals surface area contributed by atoms with E-state index in [2.05, 4.69) is 170 Å². The minimum absolute atomic E-state index is 0.625. The third kappa shape index (κ3) is 4.82. The van der Waals surface area contributed by atoms with Crippen LogP contribution in [0.5, 0.6) is 0 Å². The van der Waals surface area contributed by atoms with Crippen LogP contribution in [0, 0.1) is 0 Å². The lowest BCUT2D eigenvalue weighted by Gasteiger charge is -2.13. The molecule has 0 spiro atoms. The highest BCUT2D eigenvalue weighted by Crippen LogP contribution is 2.44. The van der Waals surface area contributed by atoms with Crippen LogP contribution >= 0.6 is 11.3 Å². The first-order valence-electron chi connectivity index (χ1n) is 17.7. The summed E-state index contributed by atoms with van der Waals surface area (Å²) in [5, 5.41) is 10.6. The molecule has 0 amide bonds. The normalized spacial score (nSPS) is 11.8. The first-order chi connectivity index (χ1) is 26.3. The van der Waals surface area contributed by atoms with Crippen molar-refractivity contribution < 1.29 is 0 Å². The molecule has 0 radical (unpaired) electrons. The molecule has 246 valence electrons. The van der Waals surface area contributed by atoms with Crippen molar-refractivity contribution in [2.45, 2.75) is 0 Å². The summed E-state index contributed by atoms with van der Waals surface area (Å²) in [4.78, 5) is 20.8. The SMILES string of the molecule is c1ccc2c(-c3nc(-c4ccc(-c5nc6ccccc6c6ccc7sc8ccccc8c7c56)cc4)nc(-c4cccc5ccccc45)n3)cccc2c1. The topological polar surface area (TPSA) is 51.6 Å². The number of para-hydroxylation sites is 1. The Kier molecular flexibility index (Phi) is 6.69. The van der Waals surface area contributed by atoms with E-state index >= 15 is 0 Å². The van der Waals surface area contributed by atoms with E-state index in [4.69, 9.17) is 19.9 Å². The molecule has 0 saturated carbocycles. The number of nitrogens with zero attached hydrogens (tertiary/aromatic N) is 4. The summed E-state index contributed by atoms with van der Waals surface area (Å²) in [6.07, 6.45) is 0. The molecule has 3 aromatic heterocycles. The monoisotopic (exact) mass is 692 g/mol. The zero-order valence-electron chi connectivity index (χ0n) is 28.4. The molecule has 0 aliphatic heterocycles. The van der Waals surface area contributed by atoms with Crippen molar-refractivity contribution in [2.24, 2.45) is 0 Å². The van der Waals surface area contributed by atoms with Crippen molar-refractivity contribution >= 4 is 74.7 Å². The minimum Gasteiger partial charge on any atom is -0.247 e. The number of pyridine rings is 1. The van der Waals surface area contributed by atoms with E-state index in [1.165, 1.54) is 30.9 Å². The zero-order chi connectivity index (χ0) is 34.9. The Bertz CT molecular complexity index is 3130. The van der Waals surface area contributed by atoms with Gasteiger partial charge in [-0.05, 0) is 45.1 Å². The number of aromatic nitrogens is 4. The number of fused-ring (bicyclic) bond motifs is 9. The Hall–Kier alpha value is -6.82. The fraction of sp³-hybridized carbons (Fsp3) is 0. The molecule has 4 nitrogen and oxygen atoms in total. The molecule has 0 aliphatic carbocycles. The number of thiophene rings is 1. The molecule has 0 saturated heterocycles. The lowest BCUT2D eigenvalue weighted by molar-refractivity contribution is 1.08. The summed E-state index contributed by atoms with van der Waals surface area (Å²) >= 11 is 1.84. The number of benzene rings is 8. The average Bonchev–Trinajstić information content (AvgIpc) is 3.62. The van der Waals surface area contributed by atoms with E-state index in [1.807, 2.05) is 11.3 Å². The second kappa shape index (κ2) is 11.9. The summed E-state index contributed by atoms with van der Waals surface area (Å²) in [5.41, 5.74) is 5.87. The van der Waals surface area contributed by atoms with Crippen molar-refractivity contribution in [3.05, 3.63) is 170 Å².